The van der Waals surface area contributed by atoms with E-state index in [1.165, 1.54) is 7.11 Å². The van der Waals surface area contributed by atoms with Crippen molar-refractivity contribution < 1.29 is 18.8 Å². The monoisotopic (exact) mass is 484 g/mol. The lowest BCUT2D eigenvalue weighted by molar-refractivity contribution is -0.141. The van der Waals surface area contributed by atoms with Gasteiger partial charge < -0.3 is 14.0 Å². The molecule has 8 nitrogen and oxygen atoms in total. The second-order valence-electron chi connectivity index (χ2n) is 10.1. The normalized spacial score (nSPS) is 22.1. The Bertz CT molecular complexity index is 1270. The molecular formula is C27H29BN4O4. The average Bonchev–Trinajstić information content (AvgIpc) is 3.29. The van der Waals surface area contributed by atoms with Gasteiger partial charge in [-0.2, -0.15) is 15.6 Å². The number of nitrogens with zero attached hydrogens (tertiary/aromatic N) is 4. The van der Waals surface area contributed by atoms with Crippen LogP contribution in [0, 0.1) is 28.6 Å². The predicted octanol–water partition coefficient (Wildman–Crippen LogP) is 3.52. The zero-order chi connectivity index (χ0) is 26.3. The van der Waals surface area contributed by atoms with Crippen LogP contribution >= 0.6 is 0 Å². The molecule has 0 spiro atoms. The van der Waals surface area contributed by atoms with E-state index in [-0.39, 0.29) is 24.3 Å². The fraction of sp³-hybridized carbons (Fsp3) is 0.407. The van der Waals surface area contributed by atoms with Crippen molar-refractivity contribution in [3.8, 4) is 12.1 Å². The van der Waals surface area contributed by atoms with Crippen molar-refractivity contribution in [3.05, 3.63) is 59.2 Å². The van der Waals surface area contributed by atoms with E-state index in [2.05, 4.69) is 6.07 Å². The summed E-state index contributed by atoms with van der Waals surface area (Å²) in [6.07, 6.45) is 0.144. The van der Waals surface area contributed by atoms with Crippen molar-refractivity contribution in [2.45, 2.75) is 58.3 Å². The Morgan fingerprint density at radius 3 is 2.22 bits per heavy atom. The molecule has 9 heteroatoms. The van der Waals surface area contributed by atoms with E-state index in [1.807, 2.05) is 70.0 Å². The molecule has 2 heterocycles. The van der Waals surface area contributed by atoms with Gasteiger partial charge >= 0.3 is 13.1 Å². The van der Waals surface area contributed by atoms with Crippen LogP contribution in [0.2, 0.25) is 0 Å². The maximum atomic E-state index is 12.3. The van der Waals surface area contributed by atoms with Crippen molar-refractivity contribution in [2.24, 2.45) is 11.0 Å². The standard InChI is InChI=1S/C27H29BN4O4/c1-17-23(14-24(33)34-6)32(31-25(17)18-7-8-19(15-29)20(13-18)16-30)22-11-9-21(10-12-22)28-35-26(2,3)27(4,5)36-28/h7-13,17,23H,14H2,1-6H3. The molecule has 0 N–H and O–H groups in total. The molecule has 0 saturated carbocycles. The molecule has 4 rings (SSSR count). The van der Waals surface area contributed by atoms with E-state index in [0.717, 1.165) is 22.4 Å². The highest BCUT2D eigenvalue weighted by atomic mass is 16.7. The Hall–Kier alpha value is -3.66. The van der Waals surface area contributed by atoms with Crippen LogP contribution in [0.4, 0.5) is 5.69 Å². The molecule has 0 aromatic heterocycles. The largest absolute Gasteiger partial charge is 0.494 e. The first-order valence-corrected chi connectivity index (χ1v) is 11.9. The molecule has 2 unspecified atom stereocenters. The maximum Gasteiger partial charge on any atom is 0.494 e. The Morgan fingerprint density at radius 2 is 1.67 bits per heavy atom. The average molecular weight is 484 g/mol. The summed E-state index contributed by atoms with van der Waals surface area (Å²) in [4.78, 5) is 12.3. The summed E-state index contributed by atoms with van der Waals surface area (Å²) in [5, 5.41) is 25.4. The number of ether oxygens (including phenoxy) is 1. The van der Waals surface area contributed by atoms with E-state index < -0.39 is 18.3 Å². The van der Waals surface area contributed by atoms with Gasteiger partial charge in [0.15, 0.2) is 0 Å². The number of hydrazone groups is 1. The van der Waals surface area contributed by atoms with Crippen LogP contribution in [0.25, 0.3) is 0 Å². The number of carbonyl (C=O) groups is 1. The van der Waals surface area contributed by atoms with Crippen LogP contribution in [-0.2, 0) is 18.8 Å². The number of hydrogen-bond acceptors (Lipinski definition) is 8. The van der Waals surface area contributed by atoms with Gasteiger partial charge in [0, 0.05) is 5.92 Å². The van der Waals surface area contributed by atoms with E-state index in [4.69, 9.17) is 19.1 Å². The van der Waals surface area contributed by atoms with Crippen molar-refractivity contribution >= 4 is 29.9 Å². The molecule has 2 atom stereocenters. The van der Waals surface area contributed by atoms with E-state index in [1.54, 1.807) is 18.2 Å². The molecule has 2 aliphatic heterocycles. The number of benzene rings is 2. The number of carbonyl (C=O) groups excluding carboxylic acids is 1. The topological polar surface area (TPSA) is 108 Å². The maximum absolute atomic E-state index is 12.3. The third-order valence-electron chi connectivity index (χ3n) is 7.38. The van der Waals surface area contributed by atoms with Crippen LogP contribution in [0.1, 0.15) is 57.7 Å². The molecule has 0 bridgehead atoms. The fourth-order valence-electron chi connectivity index (χ4n) is 4.42. The quantitative estimate of drug-likeness (QED) is 0.472. The minimum Gasteiger partial charge on any atom is -0.469 e. The molecule has 2 aliphatic rings. The van der Waals surface area contributed by atoms with Gasteiger partial charge in [0.2, 0.25) is 0 Å². The molecule has 2 aromatic carbocycles. The van der Waals surface area contributed by atoms with Crippen molar-refractivity contribution in [2.75, 3.05) is 12.1 Å². The predicted molar refractivity (Wildman–Crippen MR) is 137 cm³/mol. The summed E-state index contributed by atoms with van der Waals surface area (Å²) in [6, 6.07) is 16.7. The third-order valence-corrected chi connectivity index (χ3v) is 7.38. The van der Waals surface area contributed by atoms with Crippen LogP contribution in [0.15, 0.2) is 47.6 Å². The van der Waals surface area contributed by atoms with Crippen LogP contribution in [0.5, 0.6) is 0 Å². The zero-order valence-corrected chi connectivity index (χ0v) is 21.4. The summed E-state index contributed by atoms with van der Waals surface area (Å²) in [5.41, 5.74) is 2.91. The molecule has 1 saturated heterocycles. The van der Waals surface area contributed by atoms with Gasteiger partial charge in [-0.3, -0.25) is 9.80 Å². The Balaban J connectivity index is 1.67. The molecule has 0 aliphatic carbocycles. The smallest absolute Gasteiger partial charge is 0.469 e. The second-order valence-corrected chi connectivity index (χ2v) is 10.1. The number of esters is 1. The van der Waals surface area contributed by atoms with Crippen molar-refractivity contribution in [1.82, 2.24) is 0 Å². The van der Waals surface area contributed by atoms with Gasteiger partial charge in [-0.15, -0.1) is 0 Å². The van der Waals surface area contributed by atoms with Crippen molar-refractivity contribution in [3.63, 3.8) is 0 Å². The minimum absolute atomic E-state index is 0.133. The van der Waals surface area contributed by atoms with E-state index in [9.17, 15) is 15.3 Å². The lowest BCUT2D eigenvalue weighted by atomic mass is 9.79. The highest BCUT2D eigenvalue weighted by molar-refractivity contribution is 6.62. The summed E-state index contributed by atoms with van der Waals surface area (Å²) in [7, 11) is 0.891. The molecule has 2 aromatic rings. The summed E-state index contributed by atoms with van der Waals surface area (Å²) < 4.78 is 17.3. The Labute approximate surface area is 212 Å². The molecule has 1 fully saturated rings. The van der Waals surface area contributed by atoms with E-state index in [0.29, 0.717) is 11.1 Å². The lowest BCUT2D eigenvalue weighted by Gasteiger charge is -2.32. The first-order chi connectivity index (χ1) is 17.0. The molecule has 36 heavy (non-hydrogen) atoms. The minimum atomic E-state index is -0.477. The van der Waals surface area contributed by atoms with Crippen LogP contribution in [0.3, 0.4) is 0 Å². The number of hydrogen-bond donors (Lipinski definition) is 0. The first-order valence-electron chi connectivity index (χ1n) is 11.9. The lowest BCUT2D eigenvalue weighted by Crippen LogP contribution is -2.41. The summed E-state index contributed by atoms with van der Waals surface area (Å²) in [5.74, 6) is -0.467. The van der Waals surface area contributed by atoms with Gasteiger partial charge in [-0.1, -0.05) is 25.1 Å². The van der Waals surface area contributed by atoms with Crippen molar-refractivity contribution in [1.29, 1.82) is 10.5 Å². The molecule has 0 amide bonds. The van der Waals surface area contributed by atoms with Crippen LogP contribution < -0.4 is 10.5 Å². The second kappa shape index (κ2) is 9.42. The number of rotatable bonds is 5. The molecular weight excluding hydrogens is 455 g/mol. The SMILES string of the molecule is COC(=O)CC1C(C)C(c2ccc(C#N)c(C#N)c2)=NN1c1ccc(B2OC(C)(C)C(C)(C)O2)cc1. The highest BCUT2D eigenvalue weighted by Crippen LogP contribution is 2.37. The number of methoxy groups -OCH3 is 1. The van der Waals surface area contributed by atoms with Gasteiger partial charge in [0.1, 0.15) is 12.1 Å². The number of nitriles is 2. The Kier molecular flexibility index (Phi) is 6.66. The summed E-state index contributed by atoms with van der Waals surface area (Å²) in [6.45, 7) is 10.1. The van der Waals surface area contributed by atoms with Gasteiger partial charge in [0.05, 0.1) is 53.3 Å². The highest BCUT2D eigenvalue weighted by Gasteiger charge is 2.51. The van der Waals surface area contributed by atoms with Gasteiger partial charge in [-0.05, 0) is 63.0 Å². The molecule has 0 radical (unpaired) electrons. The van der Waals surface area contributed by atoms with Gasteiger partial charge in [0.25, 0.3) is 0 Å². The molecule has 184 valence electrons. The first kappa shape index (κ1) is 25.4. The third kappa shape index (κ3) is 4.48. The number of anilines is 1. The fourth-order valence-corrected chi connectivity index (χ4v) is 4.42. The zero-order valence-electron chi connectivity index (χ0n) is 21.4. The summed E-state index contributed by atoms with van der Waals surface area (Å²) >= 11 is 0. The van der Waals surface area contributed by atoms with Crippen LogP contribution in [-0.4, -0.2) is 43.2 Å². The van der Waals surface area contributed by atoms with Gasteiger partial charge in [-0.25, -0.2) is 0 Å². The Morgan fingerprint density at radius 1 is 1.06 bits per heavy atom. The van der Waals surface area contributed by atoms with E-state index >= 15 is 0 Å².